The molecule has 1 N–H and O–H groups in total. The summed E-state index contributed by atoms with van der Waals surface area (Å²) in [5, 5.41) is 4.92. The van der Waals surface area contributed by atoms with Crippen LogP contribution in [0.3, 0.4) is 0 Å². The van der Waals surface area contributed by atoms with Gasteiger partial charge in [0.25, 0.3) is 0 Å². The number of hydrogen-bond donors (Lipinski definition) is 1. The minimum atomic E-state index is -0.436. The second-order valence-electron chi connectivity index (χ2n) is 5.26. The molecule has 0 atom stereocenters. The molecule has 120 valence electrons. The molecule has 1 heterocycles. The lowest BCUT2D eigenvalue weighted by Gasteiger charge is -2.05. The number of pyridine rings is 1. The van der Waals surface area contributed by atoms with Crippen LogP contribution < -0.4 is 5.32 Å². The summed E-state index contributed by atoms with van der Waals surface area (Å²) in [5.74, 6) is 0. The molecule has 2 aromatic carbocycles. The van der Waals surface area contributed by atoms with Crippen molar-refractivity contribution in [1.29, 1.82) is 0 Å². The summed E-state index contributed by atoms with van der Waals surface area (Å²) in [6, 6.07) is 19.6. The van der Waals surface area contributed by atoms with Crippen molar-refractivity contribution in [1.82, 2.24) is 10.3 Å². The molecule has 1 aromatic heterocycles. The van der Waals surface area contributed by atoms with Crippen LogP contribution in [0.25, 0.3) is 16.8 Å². The third-order valence-corrected chi connectivity index (χ3v) is 3.56. The van der Waals surface area contributed by atoms with E-state index in [1.54, 1.807) is 6.20 Å². The van der Waals surface area contributed by atoms with Gasteiger partial charge in [0.05, 0.1) is 5.69 Å². The number of benzene rings is 2. The van der Waals surface area contributed by atoms with Gasteiger partial charge in [-0.3, -0.25) is 4.98 Å². The van der Waals surface area contributed by atoms with Gasteiger partial charge in [-0.2, -0.15) is 0 Å². The van der Waals surface area contributed by atoms with E-state index in [9.17, 15) is 4.79 Å². The van der Waals surface area contributed by atoms with Crippen molar-refractivity contribution in [3.63, 3.8) is 0 Å². The Morgan fingerprint density at radius 3 is 2.71 bits per heavy atom. The zero-order chi connectivity index (χ0) is 16.6. The van der Waals surface area contributed by atoms with E-state index in [4.69, 9.17) is 4.74 Å². The largest absolute Gasteiger partial charge is 0.445 e. The van der Waals surface area contributed by atoms with Gasteiger partial charge in [0.15, 0.2) is 0 Å². The van der Waals surface area contributed by atoms with Gasteiger partial charge in [-0.25, -0.2) is 4.79 Å². The third-order valence-electron chi connectivity index (χ3n) is 3.56. The van der Waals surface area contributed by atoms with Crippen molar-refractivity contribution < 1.29 is 9.53 Å². The number of hydrogen-bond acceptors (Lipinski definition) is 3. The van der Waals surface area contributed by atoms with E-state index in [0.717, 1.165) is 22.0 Å². The minimum Gasteiger partial charge on any atom is -0.445 e. The van der Waals surface area contributed by atoms with Crippen molar-refractivity contribution in [2.45, 2.75) is 6.61 Å². The fourth-order valence-electron chi connectivity index (χ4n) is 2.36. The molecular weight excluding hydrogens is 300 g/mol. The first-order valence-electron chi connectivity index (χ1n) is 7.78. The Hall–Kier alpha value is -3.14. The van der Waals surface area contributed by atoms with Gasteiger partial charge < -0.3 is 10.1 Å². The Balaban J connectivity index is 1.50. The molecular formula is C20H18N2O2. The smallest absolute Gasteiger partial charge is 0.407 e. The highest BCUT2D eigenvalue weighted by atomic mass is 16.5. The van der Waals surface area contributed by atoms with Crippen LogP contribution in [0.15, 0.2) is 72.9 Å². The number of alkyl carbamates (subject to hydrolysis) is 1. The van der Waals surface area contributed by atoms with Gasteiger partial charge in [0.2, 0.25) is 0 Å². The number of nitrogens with one attached hydrogen (secondary N) is 1. The Bertz CT molecular complexity index is 839. The fourth-order valence-corrected chi connectivity index (χ4v) is 2.36. The molecule has 24 heavy (non-hydrogen) atoms. The van der Waals surface area contributed by atoms with E-state index in [1.165, 1.54) is 0 Å². The summed E-state index contributed by atoms with van der Waals surface area (Å²) >= 11 is 0. The van der Waals surface area contributed by atoms with E-state index in [-0.39, 0.29) is 6.61 Å². The van der Waals surface area contributed by atoms with Crippen LogP contribution in [0.1, 0.15) is 11.3 Å². The number of rotatable bonds is 5. The molecule has 0 aliphatic rings. The minimum absolute atomic E-state index is 0.265. The highest BCUT2D eigenvalue weighted by molar-refractivity contribution is 5.88. The molecule has 4 nitrogen and oxygen atoms in total. The number of fused-ring (bicyclic) bond motifs is 1. The molecule has 0 aliphatic carbocycles. The van der Waals surface area contributed by atoms with E-state index in [2.05, 4.69) is 10.3 Å². The van der Waals surface area contributed by atoms with Crippen molar-refractivity contribution >= 4 is 22.9 Å². The summed E-state index contributed by atoms with van der Waals surface area (Å²) in [5.41, 5.74) is 1.84. The predicted molar refractivity (Wildman–Crippen MR) is 95.4 cm³/mol. The Morgan fingerprint density at radius 2 is 1.83 bits per heavy atom. The van der Waals surface area contributed by atoms with Crippen molar-refractivity contribution in [3.05, 3.63) is 84.2 Å². The standard InChI is InChI=1S/C20H18N2O2/c23-20(24-15-16-7-2-1-3-8-16)22-13-6-11-19-18-10-5-4-9-17(18)12-14-21-19/h1-12,14H,13,15H2,(H,22,23). The first kappa shape index (κ1) is 15.7. The highest BCUT2D eigenvalue weighted by Gasteiger charge is 2.01. The predicted octanol–water partition coefficient (Wildman–Crippen LogP) is 4.17. The van der Waals surface area contributed by atoms with Gasteiger partial charge in [0.1, 0.15) is 6.61 Å². The quantitative estimate of drug-likeness (QED) is 0.768. The van der Waals surface area contributed by atoms with Crippen LogP contribution >= 0.6 is 0 Å². The molecule has 4 heteroatoms. The number of ether oxygens (including phenoxy) is 1. The SMILES string of the molecule is O=C(NCC=Cc1nccc2ccccc12)OCc1ccccc1. The van der Waals surface area contributed by atoms with E-state index < -0.39 is 6.09 Å². The number of nitrogens with zero attached hydrogens (tertiary/aromatic N) is 1. The number of carbonyl (C=O) groups excluding carboxylic acids is 1. The summed E-state index contributed by atoms with van der Waals surface area (Å²) in [6.45, 7) is 0.653. The van der Waals surface area contributed by atoms with Gasteiger partial charge in [-0.1, -0.05) is 60.7 Å². The molecule has 3 rings (SSSR count). The van der Waals surface area contributed by atoms with Crippen LogP contribution in [-0.4, -0.2) is 17.6 Å². The number of amides is 1. The summed E-state index contributed by atoms with van der Waals surface area (Å²) < 4.78 is 5.15. The average Bonchev–Trinajstić information content (AvgIpc) is 2.64. The summed E-state index contributed by atoms with van der Waals surface area (Å²) in [6.07, 6.45) is 5.11. The number of aromatic nitrogens is 1. The molecule has 0 aliphatic heterocycles. The molecule has 0 fully saturated rings. The van der Waals surface area contributed by atoms with Crippen molar-refractivity contribution in [2.75, 3.05) is 6.54 Å². The first-order chi connectivity index (χ1) is 11.8. The maximum atomic E-state index is 11.7. The molecule has 0 bridgehead atoms. The Morgan fingerprint density at radius 1 is 1.04 bits per heavy atom. The normalized spacial score (nSPS) is 10.8. The molecule has 0 saturated carbocycles. The van der Waals surface area contributed by atoms with Gasteiger partial charge in [0, 0.05) is 18.1 Å². The lowest BCUT2D eigenvalue weighted by atomic mass is 10.1. The van der Waals surface area contributed by atoms with Crippen LogP contribution in [0.4, 0.5) is 4.79 Å². The molecule has 0 saturated heterocycles. The lowest BCUT2D eigenvalue weighted by molar-refractivity contribution is 0.141. The zero-order valence-electron chi connectivity index (χ0n) is 13.2. The second kappa shape index (κ2) is 7.92. The van der Waals surface area contributed by atoms with Crippen molar-refractivity contribution in [2.24, 2.45) is 0 Å². The fraction of sp³-hybridized carbons (Fsp3) is 0.100. The third kappa shape index (κ3) is 4.20. The highest BCUT2D eigenvalue weighted by Crippen LogP contribution is 2.17. The maximum absolute atomic E-state index is 11.7. The lowest BCUT2D eigenvalue weighted by Crippen LogP contribution is -2.24. The van der Waals surface area contributed by atoms with E-state index >= 15 is 0 Å². The van der Waals surface area contributed by atoms with Gasteiger partial charge in [-0.05, 0) is 23.1 Å². The average molecular weight is 318 g/mol. The first-order valence-corrected chi connectivity index (χ1v) is 7.78. The number of carbonyl (C=O) groups is 1. The van der Waals surface area contributed by atoms with Crippen LogP contribution in [-0.2, 0) is 11.3 Å². The van der Waals surface area contributed by atoms with Crippen LogP contribution in [0.5, 0.6) is 0 Å². The second-order valence-corrected chi connectivity index (χ2v) is 5.26. The van der Waals surface area contributed by atoms with Crippen molar-refractivity contribution in [3.8, 4) is 0 Å². The van der Waals surface area contributed by atoms with Gasteiger partial charge >= 0.3 is 6.09 Å². The molecule has 0 unspecified atom stereocenters. The molecule has 0 spiro atoms. The summed E-state index contributed by atoms with van der Waals surface area (Å²) in [7, 11) is 0. The Labute approximate surface area is 140 Å². The monoisotopic (exact) mass is 318 g/mol. The Kier molecular flexibility index (Phi) is 5.20. The van der Waals surface area contributed by atoms with E-state index in [0.29, 0.717) is 6.54 Å². The van der Waals surface area contributed by atoms with E-state index in [1.807, 2.05) is 72.8 Å². The van der Waals surface area contributed by atoms with Crippen LogP contribution in [0.2, 0.25) is 0 Å². The van der Waals surface area contributed by atoms with Crippen LogP contribution in [0, 0.1) is 0 Å². The summed E-state index contributed by atoms with van der Waals surface area (Å²) in [4.78, 5) is 16.0. The van der Waals surface area contributed by atoms with Gasteiger partial charge in [-0.15, -0.1) is 0 Å². The topological polar surface area (TPSA) is 51.2 Å². The maximum Gasteiger partial charge on any atom is 0.407 e. The zero-order valence-corrected chi connectivity index (χ0v) is 13.2. The molecule has 0 radical (unpaired) electrons. The molecule has 3 aromatic rings. The molecule has 1 amide bonds.